The number of carbonyl (C=O) groups excluding carboxylic acids is 2. The van der Waals surface area contributed by atoms with E-state index in [1.165, 1.54) is 0 Å². The Kier molecular flexibility index (Phi) is 3.01. The fourth-order valence-corrected chi connectivity index (χ4v) is 3.00. The predicted molar refractivity (Wildman–Crippen MR) is 75.7 cm³/mol. The van der Waals surface area contributed by atoms with Crippen LogP contribution in [0.5, 0.6) is 5.75 Å². The lowest BCUT2D eigenvalue weighted by Crippen LogP contribution is -2.38. The molecular weight excluding hydrogens is 270 g/mol. The molecule has 5 nitrogen and oxygen atoms in total. The molecule has 110 valence electrons. The highest BCUT2D eigenvalue weighted by Gasteiger charge is 2.47. The fourth-order valence-electron chi connectivity index (χ4n) is 3.00. The van der Waals surface area contributed by atoms with Crippen LogP contribution in [0.3, 0.4) is 0 Å². The number of ether oxygens (including phenoxy) is 2. The van der Waals surface area contributed by atoms with Gasteiger partial charge < -0.3 is 14.8 Å². The van der Waals surface area contributed by atoms with Gasteiger partial charge in [-0.1, -0.05) is 18.2 Å². The van der Waals surface area contributed by atoms with Crippen molar-refractivity contribution in [1.29, 1.82) is 0 Å². The second-order valence-corrected chi connectivity index (χ2v) is 5.74. The van der Waals surface area contributed by atoms with Crippen molar-refractivity contribution in [1.82, 2.24) is 5.32 Å². The highest BCUT2D eigenvalue weighted by atomic mass is 16.6. The molecule has 1 N–H and O–H groups in total. The van der Waals surface area contributed by atoms with Crippen LogP contribution < -0.4 is 10.1 Å². The molecule has 1 aromatic rings. The van der Waals surface area contributed by atoms with Gasteiger partial charge in [0.05, 0.1) is 18.4 Å². The summed E-state index contributed by atoms with van der Waals surface area (Å²) in [6.45, 7) is 3.55. The van der Waals surface area contributed by atoms with Crippen LogP contribution >= 0.6 is 0 Å². The van der Waals surface area contributed by atoms with Crippen molar-refractivity contribution in [2.45, 2.75) is 31.8 Å². The minimum atomic E-state index is -0.803. The number of amides is 1. The number of hydrogen-bond acceptors (Lipinski definition) is 4. The maximum Gasteiger partial charge on any atom is 0.337 e. The number of hydrogen-bond donors (Lipinski definition) is 1. The van der Waals surface area contributed by atoms with Gasteiger partial charge in [-0.25, -0.2) is 4.79 Å². The Hall–Kier alpha value is -2.30. The lowest BCUT2D eigenvalue weighted by Gasteiger charge is -2.27. The number of benzene rings is 1. The summed E-state index contributed by atoms with van der Waals surface area (Å²) in [7, 11) is 1.58. The summed E-state index contributed by atoms with van der Waals surface area (Å²) in [6, 6.07) is 7.44. The third-order valence-corrected chi connectivity index (χ3v) is 3.96. The molecule has 0 bridgehead atoms. The molecule has 0 saturated heterocycles. The Morgan fingerprint density at radius 1 is 1.29 bits per heavy atom. The summed E-state index contributed by atoms with van der Waals surface area (Å²) < 4.78 is 10.8. The smallest absolute Gasteiger partial charge is 0.337 e. The van der Waals surface area contributed by atoms with Gasteiger partial charge in [0.2, 0.25) is 5.91 Å². The van der Waals surface area contributed by atoms with Crippen molar-refractivity contribution in [2.75, 3.05) is 7.11 Å². The first-order valence-corrected chi connectivity index (χ1v) is 6.85. The van der Waals surface area contributed by atoms with Gasteiger partial charge in [-0.05, 0) is 19.9 Å². The molecule has 1 amide bonds. The maximum absolute atomic E-state index is 12.2. The molecule has 1 aromatic carbocycles. The van der Waals surface area contributed by atoms with Crippen LogP contribution in [0.1, 0.15) is 31.7 Å². The highest BCUT2D eigenvalue weighted by molar-refractivity contribution is 5.99. The van der Waals surface area contributed by atoms with Gasteiger partial charge in [0.1, 0.15) is 11.4 Å². The summed E-state index contributed by atoms with van der Waals surface area (Å²) >= 11 is 0. The average molecular weight is 287 g/mol. The predicted octanol–water partition coefficient (Wildman–Crippen LogP) is 1.89. The van der Waals surface area contributed by atoms with Gasteiger partial charge in [0.15, 0.2) is 0 Å². The van der Waals surface area contributed by atoms with E-state index in [9.17, 15) is 9.59 Å². The summed E-state index contributed by atoms with van der Waals surface area (Å²) in [4.78, 5) is 24.3. The van der Waals surface area contributed by atoms with Gasteiger partial charge in [-0.15, -0.1) is 0 Å². The van der Waals surface area contributed by atoms with E-state index in [0.717, 1.165) is 5.56 Å². The number of rotatable bonds is 2. The molecule has 2 aliphatic rings. The lowest BCUT2D eigenvalue weighted by atomic mass is 9.82. The van der Waals surface area contributed by atoms with Gasteiger partial charge in [-0.2, -0.15) is 0 Å². The van der Waals surface area contributed by atoms with Crippen LogP contribution in [0.2, 0.25) is 0 Å². The SMILES string of the molecule is COc1ccccc1[C@@H]1CC(=O)NC2=C1C(=O)OC2(C)C. The van der Waals surface area contributed by atoms with Crippen LogP contribution in [0, 0.1) is 0 Å². The molecule has 0 unspecified atom stereocenters. The van der Waals surface area contributed by atoms with Gasteiger partial charge in [-0.3, -0.25) is 4.79 Å². The van der Waals surface area contributed by atoms with Crippen molar-refractivity contribution in [3.63, 3.8) is 0 Å². The molecule has 5 heteroatoms. The number of carbonyl (C=O) groups is 2. The number of nitrogens with one attached hydrogen (secondary N) is 1. The topological polar surface area (TPSA) is 64.6 Å². The zero-order chi connectivity index (χ0) is 15.2. The van der Waals surface area contributed by atoms with E-state index in [1.807, 2.05) is 24.3 Å². The molecule has 0 aliphatic carbocycles. The maximum atomic E-state index is 12.2. The second-order valence-electron chi connectivity index (χ2n) is 5.74. The van der Waals surface area contributed by atoms with E-state index in [0.29, 0.717) is 17.0 Å². The van der Waals surface area contributed by atoms with Crippen LogP contribution in [0.25, 0.3) is 0 Å². The van der Waals surface area contributed by atoms with Crippen LogP contribution in [-0.4, -0.2) is 24.6 Å². The quantitative estimate of drug-likeness (QED) is 0.844. The third kappa shape index (κ3) is 2.09. The van der Waals surface area contributed by atoms with E-state index in [2.05, 4.69) is 5.32 Å². The number of para-hydroxylation sites is 1. The Labute approximate surface area is 122 Å². The summed E-state index contributed by atoms with van der Waals surface area (Å²) in [5.74, 6) is -0.150. The van der Waals surface area contributed by atoms with Gasteiger partial charge in [0, 0.05) is 17.9 Å². The minimum absolute atomic E-state index is 0.115. The monoisotopic (exact) mass is 287 g/mol. The molecular formula is C16H17NO4. The van der Waals surface area contributed by atoms with E-state index < -0.39 is 5.60 Å². The summed E-state index contributed by atoms with van der Waals surface area (Å²) in [5.41, 5.74) is 1.13. The molecule has 21 heavy (non-hydrogen) atoms. The summed E-state index contributed by atoms with van der Waals surface area (Å²) in [5, 5.41) is 2.79. The first kappa shape index (κ1) is 13.7. The summed E-state index contributed by atoms with van der Waals surface area (Å²) in [6.07, 6.45) is 0.213. The van der Waals surface area contributed by atoms with E-state index in [-0.39, 0.29) is 24.2 Å². The molecule has 0 aromatic heterocycles. The highest BCUT2D eigenvalue weighted by Crippen LogP contribution is 2.44. The van der Waals surface area contributed by atoms with Crippen molar-refractivity contribution in [3.8, 4) is 5.75 Å². The lowest BCUT2D eigenvalue weighted by molar-refractivity contribution is -0.144. The molecule has 0 saturated carbocycles. The molecule has 2 aliphatic heterocycles. The second kappa shape index (κ2) is 4.62. The average Bonchev–Trinajstić information content (AvgIpc) is 2.68. The molecule has 0 spiro atoms. The Morgan fingerprint density at radius 2 is 2.00 bits per heavy atom. The van der Waals surface area contributed by atoms with Crippen molar-refractivity contribution in [2.24, 2.45) is 0 Å². The van der Waals surface area contributed by atoms with Gasteiger partial charge >= 0.3 is 5.97 Å². The largest absolute Gasteiger partial charge is 0.496 e. The number of esters is 1. The molecule has 3 rings (SSSR count). The van der Waals surface area contributed by atoms with E-state index in [1.54, 1.807) is 21.0 Å². The molecule has 1 atom stereocenters. The zero-order valence-corrected chi connectivity index (χ0v) is 12.2. The Morgan fingerprint density at radius 3 is 2.71 bits per heavy atom. The third-order valence-electron chi connectivity index (χ3n) is 3.96. The molecule has 0 radical (unpaired) electrons. The normalized spacial score (nSPS) is 23.5. The Balaban J connectivity index is 2.16. The van der Waals surface area contributed by atoms with Crippen LogP contribution in [-0.2, 0) is 14.3 Å². The van der Waals surface area contributed by atoms with E-state index >= 15 is 0 Å². The zero-order valence-electron chi connectivity index (χ0n) is 12.2. The van der Waals surface area contributed by atoms with Crippen molar-refractivity contribution in [3.05, 3.63) is 41.1 Å². The number of cyclic esters (lactones) is 1. The first-order chi connectivity index (χ1) is 9.94. The molecule has 0 fully saturated rings. The van der Waals surface area contributed by atoms with E-state index in [4.69, 9.17) is 9.47 Å². The Bertz CT molecular complexity index is 660. The van der Waals surface area contributed by atoms with Gasteiger partial charge in [0.25, 0.3) is 0 Å². The molecule has 2 heterocycles. The number of methoxy groups -OCH3 is 1. The standard InChI is InChI=1S/C16H17NO4/c1-16(2)14-13(15(19)21-16)10(8-12(18)17-14)9-6-4-5-7-11(9)20-3/h4-7,10H,8H2,1-3H3,(H,17,18)/t10-/m0/s1. The van der Waals surface area contributed by atoms with Crippen LogP contribution in [0.4, 0.5) is 0 Å². The van der Waals surface area contributed by atoms with Crippen molar-refractivity contribution >= 4 is 11.9 Å². The van der Waals surface area contributed by atoms with Crippen molar-refractivity contribution < 1.29 is 19.1 Å². The minimum Gasteiger partial charge on any atom is -0.496 e. The fraction of sp³-hybridized carbons (Fsp3) is 0.375. The van der Waals surface area contributed by atoms with Crippen LogP contribution in [0.15, 0.2) is 35.5 Å². The first-order valence-electron chi connectivity index (χ1n) is 6.85.